The van der Waals surface area contributed by atoms with Crippen LogP contribution in [0.25, 0.3) is 0 Å². The molecular weight excluding hydrogens is 224 g/mol. The second-order valence-electron chi connectivity index (χ2n) is 5.35. The average Bonchev–Trinajstić information content (AvgIpc) is 2.71. The number of rotatable bonds is 5. The van der Waals surface area contributed by atoms with Gasteiger partial charge in [0.1, 0.15) is 5.75 Å². The molecule has 3 heteroatoms. The predicted octanol–water partition coefficient (Wildman–Crippen LogP) is 1.85. The Hall–Kier alpha value is -1.06. The lowest BCUT2D eigenvalue weighted by molar-refractivity contribution is 0.131. The van der Waals surface area contributed by atoms with Gasteiger partial charge in [0.05, 0.1) is 6.61 Å². The van der Waals surface area contributed by atoms with E-state index in [-0.39, 0.29) is 0 Å². The third-order valence-electron chi connectivity index (χ3n) is 4.04. The predicted molar refractivity (Wildman–Crippen MR) is 73.2 cm³/mol. The Kier molecular flexibility index (Phi) is 3.52. The molecular formula is C15H22N2O. The third kappa shape index (κ3) is 2.25. The Bertz CT molecular complexity index is 403. The van der Waals surface area contributed by atoms with Crippen LogP contribution in [-0.4, -0.2) is 43.7 Å². The molecule has 1 fully saturated rings. The van der Waals surface area contributed by atoms with Crippen LogP contribution in [0.4, 0.5) is 0 Å². The smallest absolute Gasteiger partial charge is 0.122 e. The van der Waals surface area contributed by atoms with Gasteiger partial charge in [-0.3, -0.25) is 4.90 Å². The highest BCUT2D eigenvalue weighted by atomic mass is 16.5. The van der Waals surface area contributed by atoms with E-state index in [0.29, 0.717) is 5.92 Å². The number of nitrogens with one attached hydrogen (secondary N) is 1. The van der Waals surface area contributed by atoms with Gasteiger partial charge < -0.3 is 10.1 Å². The van der Waals surface area contributed by atoms with E-state index in [2.05, 4.69) is 41.4 Å². The standard InChI is InChI=1S/C15H22N2O/c1-2-7-17(13-8-16-9-13)10-12-11-18-15-6-4-3-5-14(12)15/h3-6,12-13,16H,2,7-11H2,1H3. The van der Waals surface area contributed by atoms with Gasteiger partial charge in [-0.2, -0.15) is 0 Å². The molecule has 3 rings (SSSR count). The number of hydrogen-bond acceptors (Lipinski definition) is 3. The molecule has 1 N–H and O–H groups in total. The lowest BCUT2D eigenvalue weighted by Crippen LogP contribution is -2.58. The van der Waals surface area contributed by atoms with Crippen molar-refractivity contribution in [3.63, 3.8) is 0 Å². The molecule has 0 aromatic heterocycles. The number of nitrogens with zero attached hydrogens (tertiary/aromatic N) is 1. The number of benzene rings is 1. The van der Waals surface area contributed by atoms with E-state index in [1.54, 1.807) is 0 Å². The van der Waals surface area contributed by atoms with Crippen molar-refractivity contribution < 1.29 is 4.74 Å². The molecule has 2 aliphatic rings. The van der Waals surface area contributed by atoms with Crippen molar-refractivity contribution in [2.75, 3.05) is 32.8 Å². The summed E-state index contributed by atoms with van der Waals surface area (Å²) in [7, 11) is 0. The largest absolute Gasteiger partial charge is 0.493 e. The minimum absolute atomic E-state index is 0.549. The van der Waals surface area contributed by atoms with Crippen molar-refractivity contribution in [1.82, 2.24) is 10.2 Å². The zero-order chi connectivity index (χ0) is 12.4. The zero-order valence-electron chi connectivity index (χ0n) is 11.1. The van der Waals surface area contributed by atoms with E-state index < -0.39 is 0 Å². The molecule has 98 valence electrons. The van der Waals surface area contributed by atoms with Gasteiger partial charge in [-0.25, -0.2) is 0 Å². The van der Waals surface area contributed by atoms with Crippen LogP contribution in [0.5, 0.6) is 5.75 Å². The van der Waals surface area contributed by atoms with Gasteiger partial charge in [0.15, 0.2) is 0 Å². The number of hydrogen-bond donors (Lipinski definition) is 1. The Balaban J connectivity index is 1.68. The van der Waals surface area contributed by atoms with Gasteiger partial charge in [0, 0.05) is 37.2 Å². The Labute approximate surface area is 109 Å². The fraction of sp³-hybridized carbons (Fsp3) is 0.600. The van der Waals surface area contributed by atoms with Crippen molar-refractivity contribution >= 4 is 0 Å². The average molecular weight is 246 g/mol. The minimum atomic E-state index is 0.549. The van der Waals surface area contributed by atoms with Crippen molar-refractivity contribution in [3.8, 4) is 5.75 Å². The lowest BCUT2D eigenvalue weighted by Gasteiger charge is -2.39. The van der Waals surface area contributed by atoms with E-state index >= 15 is 0 Å². The van der Waals surface area contributed by atoms with Crippen molar-refractivity contribution in [2.45, 2.75) is 25.3 Å². The molecule has 1 atom stereocenters. The summed E-state index contributed by atoms with van der Waals surface area (Å²) >= 11 is 0. The highest BCUT2D eigenvalue weighted by Crippen LogP contribution is 2.34. The van der Waals surface area contributed by atoms with E-state index in [1.165, 1.54) is 18.5 Å². The van der Waals surface area contributed by atoms with E-state index in [0.717, 1.165) is 38.0 Å². The molecule has 1 aromatic carbocycles. The topological polar surface area (TPSA) is 24.5 Å². The van der Waals surface area contributed by atoms with Gasteiger partial charge in [0.25, 0.3) is 0 Å². The van der Waals surface area contributed by atoms with Crippen molar-refractivity contribution in [2.24, 2.45) is 0 Å². The van der Waals surface area contributed by atoms with Gasteiger partial charge in [-0.15, -0.1) is 0 Å². The Morgan fingerprint density at radius 1 is 1.33 bits per heavy atom. The number of fused-ring (bicyclic) bond motifs is 1. The van der Waals surface area contributed by atoms with Crippen LogP contribution in [0.1, 0.15) is 24.8 Å². The summed E-state index contributed by atoms with van der Waals surface area (Å²) in [5.41, 5.74) is 1.39. The van der Waals surface area contributed by atoms with E-state index in [4.69, 9.17) is 4.74 Å². The summed E-state index contributed by atoms with van der Waals surface area (Å²) in [5.74, 6) is 1.64. The molecule has 0 aliphatic carbocycles. The van der Waals surface area contributed by atoms with Crippen LogP contribution in [0.15, 0.2) is 24.3 Å². The molecule has 18 heavy (non-hydrogen) atoms. The first-order valence-electron chi connectivity index (χ1n) is 7.05. The first-order valence-corrected chi connectivity index (χ1v) is 7.05. The summed E-state index contributed by atoms with van der Waals surface area (Å²) in [6, 6.07) is 9.22. The molecule has 1 aromatic rings. The van der Waals surface area contributed by atoms with Crippen LogP contribution < -0.4 is 10.1 Å². The fourth-order valence-corrected chi connectivity index (χ4v) is 2.91. The van der Waals surface area contributed by atoms with E-state index in [9.17, 15) is 0 Å². The van der Waals surface area contributed by atoms with Crippen molar-refractivity contribution in [1.29, 1.82) is 0 Å². The maximum Gasteiger partial charge on any atom is 0.122 e. The molecule has 2 heterocycles. The summed E-state index contributed by atoms with van der Waals surface area (Å²) in [5, 5.41) is 3.37. The van der Waals surface area contributed by atoms with Crippen molar-refractivity contribution in [3.05, 3.63) is 29.8 Å². The maximum absolute atomic E-state index is 5.78. The van der Waals surface area contributed by atoms with Gasteiger partial charge in [-0.05, 0) is 19.0 Å². The molecule has 3 nitrogen and oxygen atoms in total. The SMILES string of the molecule is CCCN(CC1COc2ccccc21)C1CNC1. The quantitative estimate of drug-likeness (QED) is 0.858. The normalized spacial score (nSPS) is 22.7. The highest BCUT2D eigenvalue weighted by molar-refractivity contribution is 5.39. The van der Waals surface area contributed by atoms with Crippen LogP contribution in [0.3, 0.4) is 0 Å². The number of ether oxygens (including phenoxy) is 1. The van der Waals surface area contributed by atoms with Crippen LogP contribution in [0, 0.1) is 0 Å². The Morgan fingerprint density at radius 2 is 2.17 bits per heavy atom. The first-order chi connectivity index (χ1) is 8.88. The molecule has 0 saturated carbocycles. The summed E-state index contributed by atoms with van der Waals surface area (Å²) < 4.78 is 5.78. The maximum atomic E-state index is 5.78. The lowest BCUT2D eigenvalue weighted by atomic mass is 9.99. The zero-order valence-corrected chi connectivity index (χ0v) is 11.1. The Morgan fingerprint density at radius 3 is 2.89 bits per heavy atom. The van der Waals surface area contributed by atoms with Crippen LogP contribution >= 0.6 is 0 Å². The fourth-order valence-electron chi connectivity index (χ4n) is 2.91. The highest BCUT2D eigenvalue weighted by Gasteiger charge is 2.30. The van der Waals surface area contributed by atoms with Gasteiger partial charge >= 0.3 is 0 Å². The number of para-hydroxylation sites is 1. The molecule has 1 unspecified atom stereocenters. The molecule has 0 bridgehead atoms. The summed E-state index contributed by atoms with van der Waals surface area (Å²) in [6.45, 7) is 7.74. The first kappa shape index (κ1) is 12.0. The van der Waals surface area contributed by atoms with Gasteiger partial charge in [-0.1, -0.05) is 25.1 Å². The second-order valence-corrected chi connectivity index (χ2v) is 5.35. The molecule has 2 aliphatic heterocycles. The molecule has 1 saturated heterocycles. The summed E-state index contributed by atoms with van der Waals surface area (Å²) in [4.78, 5) is 2.63. The van der Waals surface area contributed by atoms with Crippen LogP contribution in [-0.2, 0) is 0 Å². The second kappa shape index (κ2) is 5.29. The molecule has 0 radical (unpaired) electrons. The monoisotopic (exact) mass is 246 g/mol. The summed E-state index contributed by atoms with van der Waals surface area (Å²) in [6.07, 6.45) is 1.23. The van der Waals surface area contributed by atoms with E-state index in [1.807, 2.05) is 0 Å². The molecule has 0 amide bonds. The van der Waals surface area contributed by atoms with Crippen LogP contribution in [0.2, 0.25) is 0 Å². The molecule has 0 spiro atoms. The third-order valence-corrected chi connectivity index (χ3v) is 4.04. The minimum Gasteiger partial charge on any atom is -0.493 e. The van der Waals surface area contributed by atoms with Gasteiger partial charge in [0.2, 0.25) is 0 Å².